The van der Waals surface area contributed by atoms with Crippen LogP contribution in [0.5, 0.6) is 0 Å². The molecule has 0 bridgehead atoms. The molecular formula is C24H16N8. The quantitative estimate of drug-likeness (QED) is 0.467. The highest BCUT2D eigenvalue weighted by molar-refractivity contribution is 5.84. The number of nitrogens with one attached hydrogen (secondary N) is 1. The summed E-state index contributed by atoms with van der Waals surface area (Å²) >= 11 is 0. The van der Waals surface area contributed by atoms with Crippen molar-refractivity contribution < 1.29 is 0 Å². The van der Waals surface area contributed by atoms with Gasteiger partial charge in [-0.1, -0.05) is 23.4 Å². The van der Waals surface area contributed by atoms with Gasteiger partial charge in [-0.2, -0.15) is 15.5 Å². The fourth-order valence-electron chi connectivity index (χ4n) is 3.89. The molecule has 0 atom stereocenters. The van der Waals surface area contributed by atoms with Gasteiger partial charge in [-0.05, 0) is 54.1 Å². The second kappa shape index (κ2) is 7.18. The van der Waals surface area contributed by atoms with E-state index in [9.17, 15) is 0 Å². The highest BCUT2D eigenvalue weighted by atomic mass is 15.4. The van der Waals surface area contributed by atoms with Gasteiger partial charge in [0.15, 0.2) is 0 Å². The summed E-state index contributed by atoms with van der Waals surface area (Å²) in [5, 5.41) is 30.4. The van der Waals surface area contributed by atoms with Crippen LogP contribution >= 0.6 is 0 Å². The lowest BCUT2D eigenvalue weighted by atomic mass is 10.1. The smallest absolute Gasteiger partial charge is 0.113 e. The van der Waals surface area contributed by atoms with Crippen LogP contribution in [-0.4, -0.2) is 35.0 Å². The highest BCUT2D eigenvalue weighted by Gasteiger charge is 2.12. The van der Waals surface area contributed by atoms with Crippen LogP contribution in [0, 0.1) is 11.3 Å². The molecule has 0 aliphatic carbocycles. The topological polar surface area (TPSA) is 101 Å². The highest BCUT2D eigenvalue weighted by Crippen LogP contribution is 2.26. The van der Waals surface area contributed by atoms with Crippen molar-refractivity contribution in [2.24, 2.45) is 0 Å². The Kier molecular flexibility index (Phi) is 4.05. The molecular weight excluding hydrogens is 400 g/mol. The summed E-state index contributed by atoms with van der Waals surface area (Å²) in [6.45, 7) is 0.611. The van der Waals surface area contributed by atoms with Crippen LogP contribution in [0.4, 0.5) is 0 Å². The summed E-state index contributed by atoms with van der Waals surface area (Å²) in [5.74, 6) is 0. The number of hydrogen-bond acceptors (Lipinski definition) is 5. The molecule has 0 unspecified atom stereocenters. The van der Waals surface area contributed by atoms with Crippen LogP contribution in [-0.2, 0) is 6.54 Å². The van der Waals surface area contributed by atoms with Gasteiger partial charge in [0.2, 0.25) is 0 Å². The Hall–Kier alpha value is -4.77. The number of H-pyrrole nitrogens is 1. The summed E-state index contributed by atoms with van der Waals surface area (Å²) in [7, 11) is 0. The van der Waals surface area contributed by atoms with E-state index >= 15 is 0 Å². The molecule has 1 N–H and O–H groups in total. The lowest BCUT2D eigenvalue weighted by molar-refractivity contribution is 0.694. The van der Waals surface area contributed by atoms with Crippen molar-refractivity contribution in [3.8, 4) is 23.0 Å². The van der Waals surface area contributed by atoms with Crippen molar-refractivity contribution in [1.82, 2.24) is 35.0 Å². The molecule has 152 valence electrons. The minimum atomic E-state index is 0.611. The number of aromatic nitrogens is 7. The molecule has 0 saturated carbocycles. The fourth-order valence-corrected chi connectivity index (χ4v) is 3.89. The van der Waals surface area contributed by atoms with E-state index in [0.29, 0.717) is 12.1 Å². The van der Waals surface area contributed by atoms with Crippen molar-refractivity contribution in [2.75, 3.05) is 0 Å². The maximum absolute atomic E-state index is 9.01. The van der Waals surface area contributed by atoms with Crippen molar-refractivity contribution in [2.45, 2.75) is 6.54 Å². The van der Waals surface area contributed by atoms with E-state index in [-0.39, 0.29) is 0 Å². The molecule has 0 fully saturated rings. The zero-order chi connectivity index (χ0) is 21.5. The Morgan fingerprint density at radius 2 is 1.88 bits per heavy atom. The summed E-state index contributed by atoms with van der Waals surface area (Å²) in [6.07, 6.45) is 3.59. The van der Waals surface area contributed by atoms with Gasteiger partial charge >= 0.3 is 0 Å². The average molecular weight is 416 g/mol. The third kappa shape index (κ3) is 3.00. The van der Waals surface area contributed by atoms with Gasteiger partial charge in [-0.15, -0.1) is 5.10 Å². The van der Waals surface area contributed by atoms with Gasteiger partial charge in [0.05, 0.1) is 46.8 Å². The minimum Gasteiger partial charge on any atom is -0.278 e. The van der Waals surface area contributed by atoms with Gasteiger partial charge in [0.1, 0.15) is 5.52 Å². The Morgan fingerprint density at radius 1 is 0.969 bits per heavy atom. The van der Waals surface area contributed by atoms with Gasteiger partial charge < -0.3 is 0 Å². The van der Waals surface area contributed by atoms with Gasteiger partial charge in [-0.3, -0.25) is 9.78 Å². The molecule has 6 aromatic rings. The molecule has 0 spiro atoms. The Balaban J connectivity index is 1.39. The Morgan fingerprint density at radius 3 is 2.75 bits per heavy atom. The van der Waals surface area contributed by atoms with Crippen LogP contribution in [0.25, 0.3) is 38.9 Å². The van der Waals surface area contributed by atoms with Gasteiger partial charge in [0, 0.05) is 17.1 Å². The number of aromatic amines is 1. The van der Waals surface area contributed by atoms with Crippen LogP contribution in [0.15, 0.2) is 79.1 Å². The van der Waals surface area contributed by atoms with Gasteiger partial charge in [-0.25, -0.2) is 4.68 Å². The van der Waals surface area contributed by atoms with E-state index in [2.05, 4.69) is 37.7 Å². The molecule has 8 heteroatoms. The maximum Gasteiger partial charge on any atom is 0.113 e. The van der Waals surface area contributed by atoms with E-state index in [1.807, 2.05) is 70.0 Å². The van der Waals surface area contributed by atoms with Crippen molar-refractivity contribution in [3.05, 3.63) is 90.3 Å². The molecule has 3 aromatic carbocycles. The number of benzene rings is 3. The first-order chi connectivity index (χ1) is 15.8. The molecule has 0 aliphatic heterocycles. The SMILES string of the molecule is N#Cc1ccc(Cn2nccc2-c2ccc3nnn(-c4ccc5cn[nH]c5c4)c3c2)cc1. The fraction of sp³-hybridized carbons (Fsp3) is 0.0417. The van der Waals surface area contributed by atoms with Crippen LogP contribution in [0.3, 0.4) is 0 Å². The van der Waals surface area contributed by atoms with Crippen molar-refractivity contribution in [3.63, 3.8) is 0 Å². The molecule has 0 radical (unpaired) electrons. The van der Waals surface area contributed by atoms with E-state index < -0.39 is 0 Å². The van der Waals surface area contributed by atoms with E-state index in [1.165, 1.54) is 0 Å². The van der Waals surface area contributed by atoms with E-state index in [0.717, 1.165) is 44.4 Å². The zero-order valence-electron chi connectivity index (χ0n) is 16.8. The Labute approximate surface area is 182 Å². The average Bonchev–Trinajstić information content (AvgIpc) is 3.58. The second-order valence-corrected chi connectivity index (χ2v) is 7.53. The normalized spacial score (nSPS) is 11.2. The minimum absolute atomic E-state index is 0.611. The summed E-state index contributed by atoms with van der Waals surface area (Å²) in [6, 6.07) is 23.8. The molecule has 0 aliphatic rings. The molecule has 3 heterocycles. The number of hydrogen-bond donors (Lipinski definition) is 1. The number of fused-ring (bicyclic) bond motifs is 2. The van der Waals surface area contributed by atoms with Crippen molar-refractivity contribution in [1.29, 1.82) is 5.26 Å². The van der Waals surface area contributed by atoms with Crippen LogP contribution in [0.2, 0.25) is 0 Å². The Bertz CT molecular complexity index is 1610. The maximum atomic E-state index is 9.01. The predicted molar refractivity (Wildman–Crippen MR) is 120 cm³/mol. The lowest BCUT2D eigenvalue weighted by Gasteiger charge is -2.09. The van der Waals surface area contributed by atoms with Crippen LogP contribution < -0.4 is 0 Å². The standard InChI is InChI=1S/C24H16N8/c25-13-16-1-3-17(4-2-16)15-31-23(9-10-27-31)18-6-8-21-24(11-18)32(30-29-21)20-7-5-19-14-26-28-22(19)12-20/h1-12,14H,15H2,(H,26,28). The number of nitrogens with zero attached hydrogens (tertiary/aromatic N) is 7. The third-order valence-corrected chi connectivity index (χ3v) is 5.54. The number of nitriles is 1. The monoisotopic (exact) mass is 416 g/mol. The first-order valence-corrected chi connectivity index (χ1v) is 10.1. The van der Waals surface area contributed by atoms with E-state index in [1.54, 1.807) is 12.4 Å². The summed E-state index contributed by atoms with van der Waals surface area (Å²) in [4.78, 5) is 0. The molecule has 0 saturated heterocycles. The zero-order valence-corrected chi connectivity index (χ0v) is 16.8. The molecule has 0 amide bonds. The van der Waals surface area contributed by atoms with E-state index in [4.69, 9.17) is 5.26 Å². The lowest BCUT2D eigenvalue weighted by Crippen LogP contribution is -2.04. The van der Waals surface area contributed by atoms with Crippen LogP contribution in [0.1, 0.15) is 11.1 Å². The third-order valence-electron chi connectivity index (χ3n) is 5.54. The van der Waals surface area contributed by atoms with Crippen molar-refractivity contribution >= 4 is 21.9 Å². The van der Waals surface area contributed by atoms with Gasteiger partial charge in [0.25, 0.3) is 0 Å². The number of rotatable bonds is 4. The predicted octanol–water partition coefficient (Wildman–Crippen LogP) is 4.08. The molecule has 8 nitrogen and oxygen atoms in total. The molecule has 32 heavy (non-hydrogen) atoms. The molecule has 3 aromatic heterocycles. The second-order valence-electron chi connectivity index (χ2n) is 7.53. The first kappa shape index (κ1) is 18.0. The first-order valence-electron chi connectivity index (χ1n) is 10.1. The molecule has 6 rings (SSSR count). The summed E-state index contributed by atoms with van der Waals surface area (Å²) < 4.78 is 3.79. The summed E-state index contributed by atoms with van der Waals surface area (Å²) in [5.41, 5.74) is 7.32. The largest absolute Gasteiger partial charge is 0.278 e.